The standard InChI is InChI=1S/C24H25NO/c1-23(2)21-16-15-20(17-22(21)24(3,4)26-23)25(18-11-7-5-8-12-18)19-13-9-6-10-14-19/h5-17H,1-4H3. The van der Waals surface area contributed by atoms with Crippen LogP contribution >= 0.6 is 0 Å². The van der Waals surface area contributed by atoms with Crippen LogP contribution in [-0.4, -0.2) is 0 Å². The monoisotopic (exact) mass is 343 g/mol. The molecule has 3 aromatic carbocycles. The number of ether oxygens (including phenoxy) is 1. The van der Waals surface area contributed by atoms with Crippen molar-refractivity contribution in [1.29, 1.82) is 0 Å². The summed E-state index contributed by atoms with van der Waals surface area (Å²) in [6.07, 6.45) is 0. The van der Waals surface area contributed by atoms with E-state index in [2.05, 4.69) is 111 Å². The Balaban J connectivity index is 1.89. The van der Waals surface area contributed by atoms with E-state index in [0.29, 0.717) is 0 Å². The minimum absolute atomic E-state index is 0.262. The summed E-state index contributed by atoms with van der Waals surface area (Å²) in [6, 6.07) is 27.7. The Kier molecular flexibility index (Phi) is 3.89. The second kappa shape index (κ2) is 6.00. The van der Waals surface area contributed by atoms with E-state index in [4.69, 9.17) is 4.74 Å². The zero-order valence-corrected chi connectivity index (χ0v) is 15.9. The van der Waals surface area contributed by atoms with Gasteiger partial charge in [-0.1, -0.05) is 42.5 Å². The van der Waals surface area contributed by atoms with E-state index in [1.165, 1.54) is 11.1 Å². The van der Waals surface area contributed by atoms with Crippen LogP contribution in [0.5, 0.6) is 0 Å². The molecular weight excluding hydrogens is 318 g/mol. The first kappa shape index (κ1) is 16.9. The van der Waals surface area contributed by atoms with Crippen LogP contribution in [0.3, 0.4) is 0 Å². The number of rotatable bonds is 3. The normalized spacial score (nSPS) is 16.9. The molecule has 0 N–H and O–H groups in total. The molecule has 0 atom stereocenters. The summed E-state index contributed by atoms with van der Waals surface area (Å²) in [5, 5.41) is 0. The number of para-hydroxylation sites is 2. The maximum atomic E-state index is 6.33. The number of hydrogen-bond acceptors (Lipinski definition) is 2. The predicted molar refractivity (Wildman–Crippen MR) is 108 cm³/mol. The maximum Gasteiger partial charge on any atom is 0.0891 e. The zero-order chi connectivity index (χ0) is 18.4. The van der Waals surface area contributed by atoms with Crippen molar-refractivity contribution < 1.29 is 4.74 Å². The molecule has 2 nitrogen and oxygen atoms in total. The molecule has 1 heterocycles. The van der Waals surface area contributed by atoms with Gasteiger partial charge in [0.25, 0.3) is 0 Å². The summed E-state index contributed by atoms with van der Waals surface area (Å²) in [7, 11) is 0. The van der Waals surface area contributed by atoms with Crippen molar-refractivity contribution in [1.82, 2.24) is 0 Å². The average Bonchev–Trinajstić information content (AvgIpc) is 2.81. The van der Waals surface area contributed by atoms with Gasteiger partial charge in [0.2, 0.25) is 0 Å². The lowest BCUT2D eigenvalue weighted by Crippen LogP contribution is -2.22. The van der Waals surface area contributed by atoms with Gasteiger partial charge in [0.05, 0.1) is 11.2 Å². The summed E-state index contributed by atoms with van der Waals surface area (Å²) in [5.41, 5.74) is 5.42. The van der Waals surface area contributed by atoms with Gasteiger partial charge in [0.15, 0.2) is 0 Å². The van der Waals surface area contributed by atoms with Gasteiger partial charge in [-0.3, -0.25) is 0 Å². The van der Waals surface area contributed by atoms with Crippen LogP contribution in [0.4, 0.5) is 17.1 Å². The molecule has 0 bridgehead atoms. The van der Waals surface area contributed by atoms with Crippen molar-refractivity contribution in [3.8, 4) is 0 Å². The summed E-state index contributed by atoms with van der Waals surface area (Å²) in [4.78, 5) is 2.29. The number of anilines is 3. The van der Waals surface area contributed by atoms with Gasteiger partial charge in [-0.15, -0.1) is 0 Å². The van der Waals surface area contributed by atoms with Gasteiger partial charge in [0, 0.05) is 17.1 Å². The lowest BCUT2D eigenvalue weighted by atomic mass is 9.90. The topological polar surface area (TPSA) is 12.5 Å². The molecule has 0 radical (unpaired) electrons. The van der Waals surface area contributed by atoms with Crippen LogP contribution in [0.2, 0.25) is 0 Å². The van der Waals surface area contributed by atoms with Gasteiger partial charge in [0.1, 0.15) is 0 Å². The number of benzene rings is 3. The highest BCUT2D eigenvalue weighted by molar-refractivity contribution is 5.77. The first-order chi connectivity index (χ1) is 12.4. The molecule has 2 heteroatoms. The first-order valence-electron chi connectivity index (χ1n) is 9.14. The molecule has 4 rings (SSSR count). The molecular formula is C24H25NO. The third-order valence-corrected chi connectivity index (χ3v) is 5.10. The molecule has 132 valence electrons. The van der Waals surface area contributed by atoms with Crippen LogP contribution in [0, 0.1) is 0 Å². The van der Waals surface area contributed by atoms with Crippen LogP contribution < -0.4 is 4.90 Å². The van der Waals surface area contributed by atoms with Crippen molar-refractivity contribution in [3.05, 3.63) is 90.0 Å². The molecule has 0 unspecified atom stereocenters. The fourth-order valence-corrected chi connectivity index (χ4v) is 4.04. The molecule has 0 aromatic heterocycles. The second-order valence-electron chi connectivity index (χ2n) is 7.86. The van der Waals surface area contributed by atoms with E-state index in [9.17, 15) is 0 Å². The average molecular weight is 343 g/mol. The van der Waals surface area contributed by atoms with Gasteiger partial charge in [-0.25, -0.2) is 0 Å². The summed E-state index contributed by atoms with van der Waals surface area (Å²) in [6.45, 7) is 8.60. The van der Waals surface area contributed by atoms with Crippen molar-refractivity contribution >= 4 is 17.1 Å². The van der Waals surface area contributed by atoms with E-state index < -0.39 is 0 Å². The smallest absolute Gasteiger partial charge is 0.0891 e. The van der Waals surface area contributed by atoms with Crippen molar-refractivity contribution in [3.63, 3.8) is 0 Å². The minimum atomic E-state index is -0.298. The second-order valence-corrected chi connectivity index (χ2v) is 7.86. The summed E-state index contributed by atoms with van der Waals surface area (Å²) >= 11 is 0. The molecule has 3 aromatic rings. The predicted octanol–water partition coefficient (Wildman–Crippen LogP) is 6.66. The lowest BCUT2D eigenvalue weighted by molar-refractivity contribution is -0.105. The molecule has 0 spiro atoms. The molecule has 0 amide bonds. The minimum Gasteiger partial charge on any atom is -0.360 e. The van der Waals surface area contributed by atoms with E-state index >= 15 is 0 Å². The van der Waals surface area contributed by atoms with Crippen LogP contribution in [0.1, 0.15) is 38.8 Å². The molecule has 0 fully saturated rings. The van der Waals surface area contributed by atoms with Gasteiger partial charge >= 0.3 is 0 Å². The van der Waals surface area contributed by atoms with E-state index in [1.807, 2.05) is 0 Å². The Bertz CT molecular complexity index is 874. The van der Waals surface area contributed by atoms with E-state index in [1.54, 1.807) is 0 Å². The Hall–Kier alpha value is -2.58. The summed E-state index contributed by atoms with van der Waals surface area (Å²) < 4.78 is 6.33. The van der Waals surface area contributed by atoms with Crippen LogP contribution in [-0.2, 0) is 15.9 Å². The third-order valence-electron chi connectivity index (χ3n) is 5.10. The highest BCUT2D eigenvalue weighted by Gasteiger charge is 2.43. The van der Waals surface area contributed by atoms with E-state index in [-0.39, 0.29) is 11.2 Å². The Morgan fingerprint density at radius 1 is 0.577 bits per heavy atom. The van der Waals surface area contributed by atoms with Gasteiger partial charge in [-0.2, -0.15) is 0 Å². The number of nitrogens with zero attached hydrogens (tertiary/aromatic N) is 1. The Labute approximate surface area is 156 Å². The number of hydrogen-bond donors (Lipinski definition) is 0. The molecule has 1 aliphatic heterocycles. The quantitative estimate of drug-likeness (QED) is 0.527. The van der Waals surface area contributed by atoms with Gasteiger partial charge in [-0.05, 0) is 75.2 Å². The van der Waals surface area contributed by atoms with Crippen LogP contribution in [0.15, 0.2) is 78.9 Å². The fraction of sp³-hybridized carbons (Fsp3) is 0.250. The SMILES string of the molecule is CC1(C)OC(C)(C)c2cc(N(c3ccccc3)c3ccccc3)ccc21. The van der Waals surface area contributed by atoms with Crippen molar-refractivity contribution in [2.24, 2.45) is 0 Å². The highest BCUT2D eigenvalue weighted by atomic mass is 16.5. The van der Waals surface area contributed by atoms with Crippen LogP contribution in [0.25, 0.3) is 0 Å². The largest absolute Gasteiger partial charge is 0.360 e. The molecule has 0 saturated heterocycles. The highest BCUT2D eigenvalue weighted by Crippen LogP contribution is 2.48. The maximum absolute atomic E-state index is 6.33. The number of fused-ring (bicyclic) bond motifs is 1. The molecule has 1 aliphatic rings. The Morgan fingerprint density at radius 3 is 1.62 bits per heavy atom. The molecule has 26 heavy (non-hydrogen) atoms. The molecule has 0 saturated carbocycles. The molecule has 0 aliphatic carbocycles. The zero-order valence-electron chi connectivity index (χ0n) is 15.9. The Morgan fingerprint density at radius 2 is 1.08 bits per heavy atom. The van der Waals surface area contributed by atoms with Gasteiger partial charge < -0.3 is 9.64 Å². The van der Waals surface area contributed by atoms with Crippen molar-refractivity contribution in [2.45, 2.75) is 38.9 Å². The summed E-state index contributed by atoms with van der Waals surface area (Å²) in [5.74, 6) is 0. The fourth-order valence-electron chi connectivity index (χ4n) is 4.04. The third kappa shape index (κ3) is 2.81. The first-order valence-corrected chi connectivity index (χ1v) is 9.14. The lowest BCUT2D eigenvalue weighted by Gasteiger charge is -2.27. The van der Waals surface area contributed by atoms with E-state index in [0.717, 1.165) is 17.1 Å². The van der Waals surface area contributed by atoms with Crippen molar-refractivity contribution in [2.75, 3.05) is 4.90 Å².